The van der Waals surface area contributed by atoms with Gasteiger partial charge < -0.3 is 15.4 Å². The third-order valence-corrected chi connectivity index (χ3v) is 4.10. The van der Waals surface area contributed by atoms with Crippen molar-refractivity contribution in [1.82, 2.24) is 5.32 Å². The lowest BCUT2D eigenvalue weighted by atomic mass is 9.99. The molecule has 2 aromatic rings. The SMILES string of the molecule is CC1CCCC(CNc2ccc(Oc3ccccc3)cc2)N1. The first-order chi connectivity index (χ1) is 10.8. The lowest BCUT2D eigenvalue weighted by Gasteiger charge is -2.29. The van der Waals surface area contributed by atoms with Gasteiger partial charge in [0.25, 0.3) is 0 Å². The predicted octanol–water partition coefficient (Wildman–Crippen LogP) is 4.42. The van der Waals surface area contributed by atoms with E-state index < -0.39 is 0 Å². The number of para-hydroxylation sites is 1. The Labute approximate surface area is 132 Å². The van der Waals surface area contributed by atoms with Crippen LogP contribution in [0, 0.1) is 0 Å². The van der Waals surface area contributed by atoms with E-state index in [1.54, 1.807) is 0 Å². The van der Waals surface area contributed by atoms with Crippen LogP contribution in [0.4, 0.5) is 5.69 Å². The predicted molar refractivity (Wildman–Crippen MR) is 91.7 cm³/mol. The third kappa shape index (κ3) is 4.25. The number of hydrogen-bond acceptors (Lipinski definition) is 3. The van der Waals surface area contributed by atoms with E-state index in [1.807, 2.05) is 42.5 Å². The molecule has 3 nitrogen and oxygen atoms in total. The van der Waals surface area contributed by atoms with Crippen LogP contribution in [0.15, 0.2) is 54.6 Å². The van der Waals surface area contributed by atoms with E-state index in [0.29, 0.717) is 12.1 Å². The first-order valence-electron chi connectivity index (χ1n) is 8.12. The van der Waals surface area contributed by atoms with Crippen LogP contribution >= 0.6 is 0 Å². The molecule has 3 heteroatoms. The molecule has 116 valence electrons. The average molecular weight is 296 g/mol. The minimum Gasteiger partial charge on any atom is -0.457 e. The van der Waals surface area contributed by atoms with Gasteiger partial charge in [0.2, 0.25) is 0 Å². The quantitative estimate of drug-likeness (QED) is 0.857. The first kappa shape index (κ1) is 14.9. The van der Waals surface area contributed by atoms with E-state index in [9.17, 15) is 0 Å². The Hall–Kier alpha value is -2.00. The molecule has 2 aromatic carbocycles. The van der Waals surface area contributed by atoms with Crippen LogP contribution in [0.3, 0.4) is 0 Å². The summed E-state index contributed by atoms with van der Waals surface area (Å²) in [6.45, 7) is 3.24. The molecule has 0 bridgehead atoms. The van der Waals surface area contributed by atoms with Crippen molar-refractivity contribution in [3.63, 3.8) is 0 Å². The van der Waals surface area contributed by atoms with Crippen LogP contribution < -0.4 is 15.4 Å². The molecule has 1 aliphatic heterocycles. The molecule has 1 heterocycles. The van der Waals surface area contributed by atoms with E-state index in [-0.39, 0.29) is 0 Å². The largest absolute Gasteiger partial charge is 0.457 e. The van der Waals surface area contributed by atoms with Crippen LogP contribution in [0.2, 0.25) is 0 Å². The van der Waals surface area contributed by atoms with Crippen molar-refractivity contribution < 1.29 is 4.74 Å². The van der Waals surface area contributed by atoms with Crippen molar-refractivity contribution >= 4 is 5.69 Å². The van der Waals surface area contributed by atoms with Gasteiger partial charge in [0, 0.05) is 24.3 Å². The summed E-state index contributed by atoms with van der Waals surface area (Å²) in [5.74, 6) is 1.73. The molecule has 0 saturated carbocycles. The first-order valence-corrected chi connectivity index (χ1v) is 8.12. The van der Waals surface area contributed by atoms with Crippen molar-refractivity contribution in [2.75, 3.05) is 11.9 Å². The van der Waals surface area contributed by atoms with Crippen molar-refractivity contribution in [1.29, 1.82) is 0 Å². The van der Waals surface area contributed by atoms with Gasteiger partial charge in [0.05, 0.1) is 0 Å². The smallest absolute Gasteiger partial charge is 0.127 e. The third-order valence-electron chi connectivity index (χ3n) is 4.10. The monoisotopic (exact) mass is 296 g/mol. The van der Waals surface area contributed by atoms with Gasteiger partial charge in [-0.1, -0.05) is 24.6 Å². The summed E-state index contributed by atoms with van der Waals surface area (Å²) in [6, 6.07) is 19.2. The molecular weight excluding hydrogens is 272 g/mol. The number of ether oxygens (including phenoxy) is 1. The highest BCUT2D eigenvalue weighted by molar-refractivity contribution is 5.47. The Bertz CT molecular complexity index is 568. The maximum atomic E-state index is 5.80. The Kier molecular flexibility index (Phi) is 4.96. The second-order valence-corrected chi connectivity index (χ2v) is 6.02. The Balaban J connectivity index is 1.51. The standard InChI is InChI=1S/C19H24N2O/c1-15-6-5-7-17(21-15)14-20-16-10-12-19(13-11-16)22-18-8-3-2-4-9-18/h2-4,8-13,15,17,20-21H,5-7,14H2,1H3. The van der Waals surface area contributed by atoms with E-state index in [4.69, 9.17) is 4.74 Å². The van der Waals surface area contributed by atoms with Gasteiger partial charge in [0.15, 0.2) is 0 Å². The number of benzene rings is 2. The van der Waals surface area contributed by atoms with E-state index in [0.717, 1.165) is 23.7 Å². The van der Waals surface area contributed by atoms with Gasteiger partial charge >= 0.3 is 0 Å². The lowest BCUT2D eigenvalue weighted by molar-refractivity contribution is 0.345. The zero-order valence-electron chi connectivity index (χ0n) is 13.1. The molecule has 2 N–H and O–H groups in total. The van der Waals surface area contributed by atoms with Crippen LogP contribution in [-0.2, 0) is 0 Å². The van der Waals surface area contributed by atoms with Crippen molar-refractivity contribution in [2.45, 2.75) is 38.3 Å². The fourth-order valence-corrected chi connectivity index (χ4v) is 2.91. The van der Waals surface area contributed by atoms with Crippen LogP contribution in [0.1, 0.15) is 26.2 Å². The van der Waals surface area contributed by atoms with Crippen molar-refractivity contribution in [2.24, 2.45) is 0 Å². The molecule has 1 aliphatic rings. The molecule has 0 aromatic heterocycles. The fraction of sp³-hybridized carbons (Fsp3) is 0.368. The van der Waals surface area contributed by atoms with E-state index >= 15 is 0 Å². The van der Waals surface area contributed by atoms with Gasteiger partial charge in [-0.2, -0.15) is 0 Å². The molecule has 0 aliphatic carbocycles. The minimum absolute atomic E-state index is 0.573. The maximum Gasteiger partial charge on any atom is 0.127 e. The number of anilines is 1. The minimum atomic E-state index is 0.573. The lowest BCUT2D eigenvalue weighted by Crippen LogP contribution is -2.44. The highest BCUT2D eigenvalue weighted by atomic mass is 16.5. The molecule has 3 rings (SSSR count). The second kappa shape index (κ2) is 7.32. The Morgan fingerprint density at radius 1 is 1.00 bits per heavy atom. The van der Waals surface area contributed by atoms with Crippen molar-refractivity contribution in [3.05, 3.63) is 54.6 Å². The molecule has 0 spiro atoms. The van der Waals surface area contributed by atoms with Gasteiger partial charge in [-0.15, -0.1) is 0 Å². The summed E-state index contributed by atoms with van der Waals surface area (Å²) in [5.41, 5.74) is 1.14. The Morgan fingerprint density at radius 2 is 1.73 bits per heavy atom. The van der Waals surface area contributed by atoms with Gasteiger partial charge in [-0.25, -0.2) is 0 Å². The summed E-state index contributed by atoms with van der Waals surface area (Å²) >= 11 is 0. The molecular formula is C19H24N2O. The van der Waals surface area contributed by atoms with E-state index in [1.165, 1.54) is 19.3 Å². The molecule has 2 unspecified atom stereocenters. The Morgan fingerprint density at radius 3 is 2.45 bits per heavy atom. The summed E-state index contributed by atoms with van der Waals surface area (Å²) in [4.78, 5) is 0. The van der Waals surface area contributed by atoms with Crippen LogP contribution in [0.25, 0.3) is 0 Å². The van der Waals surface area contributed by atoms with Crippen LogP contribution in [-0.4, -0.2) is 18.6 Å². The molecule has 2 atom stereocenters. The van der Waals surface area contributed by atoms with E-state index in [2.05, 4.69) is 29.7 Å². The number of rotatable bonds is 5. The normalized spacial score (nSPS) is 21.3. The number of nitrogens with one attached hydrogen (secondary N) is 2. The van der Waals surface area contributed by atoms with Gasteiger partial charge in [-0.05, 0) is 56.2 Å². The summed E-state index contributed by atoms with van der Waals surface area (Å²) < 4.78 is 5.80. The van der Waals surface area contributed by atoms with Crippen molar-refractivity contribution in [3.8, 4) is 11.5 Å². The topological polar surface area (TPSA) is 33.3 Å². The zero-order chi connectivity index (χ0) is 15.2. The second-order valence-electron chi connectivity index (χ2n) is 6.02. The molecule has 0 radical (unpaired) electrons. The highest BCUT2D eigenvalue weighted by Crippen LogP contribution is 2.22. The maximum absolute atomic E-state index is 5.80. The highest BCUT2D eigenvalue weighted by Gasteiger charge is 2.16. The average Bonchev–Trinajstić information content (AvgIpc) is 2.55. The van der Waals surface area contributed by atoms with Gasteiger partial charge in [-0.3, -0.25) is 0 Å². The van der Waals surface area contributed by atoms with Gasteiger partial charge in [0.1, 0.15) is 11.5 Å². The summed E-state index contributed by atoms with van der Waals surface area (Å²) in [7, 11) is 0. The zero-order valence-corrected chi connectivity index (χ0v) is 13.1. The molecule has 1 saturated heterocycles. The number of hydrogen-bond donors (Lipinski definition) is 2. The summed E-state index contributed by atoms with van der Waals surface area (Å²) in [5, 5.41) is 7.15. The van der Waals surface area contributed by atoms with Crippen LogP contribution in [0.5, 0.6) is 11.5 Å². The summed E-state index contributed by atoms with van der Waals surface area (Å²) in [6.07, 6.45) is 3.87. The molecule has 1 fully saturated rings. The number of piperidine rings is 1. The fourth-order valence-electron chi connectivity index (χ4n) is 2.91. The molecule has 0 amide bonds. The molecule has 22 heavy (non-hydrogen) atoms.